The van der Waals surface area contributed by atoms with Crippen molar-refractivity contribution in [2.45, 2.75) is 49.1 Å². The first kappa shape index (κ1) is 19.3. The van der Waals surface area contributed by atoms with Crippen molar-refractivity contribution in [1.82, 2.24) is 4.90 Å². The zero-order valence-electron chi connectivity index (χ0n) is 16.0. The molecular weight excluding hydrogens is 408 g/mol. The van der Waals surface area contributed by atoms with E-state index in [0.29, 0.717) is 21.2 Å². The average molecular weight is 430 g/mol. The maximum Gasteiger partial charge on any atom is 0.128 e. The second-order valence-corrected chi connectivity index (χ2v) is 9.52. The fraction of sp³-hybridized carbons (Fsp3) is 0.435. The van der Waals surface area contributed by atoms with Crippen molar-refractivity contribution in [1.29, 1.82) is 5.26 Å². The van der Waals surface area contributed by atoms with E-state index in [2.05, 4.69) is 4.90 Å². The summed E-state index contributed by atoms with van der Waals surface area (Å²) in [5.74, 6) is -0.254. The molecule has 2 aromatic carbocycles. The first-order valence-electron chi connectivity index (χ1n) is 10.1. The van der Waals surface area contributed by atoms with Gasteiger partial charge in [-0.1, -0.05) is 29.3 Å². The predicted octanol–water partition coefficient (Wildman–Crippen LogP) is 4.78. The lowest BCUT2D eigenvalue weighted by atomic mass is 9.87. The quantitative estimate of drug-likeness (QED) is 0.747. The third kappa shape index (κ3) is 2.99. The summed E-state index contributed by atoms with van der Waals surface area (Å²) in [6, 6.07) is 11.1. The lowest BCUT2D eigenvalue weighted by Crippen LogP contribution is -2.51. The fourth-order valence-electron chi connectivity index (χ4n) is 5.77. The molecule has 1 saturated heterocycles. The molecule has 2 aliphatic carbocycles. The Labute approximate surface area is 180 Å². The molecular formula is C23H22Cl2FN3. The van der Waals surface area contributed by atoms with Crippen molar-refractivity contribution in [2.75, 3.05) is 13.1 Å². The molecule has 2 N–H and O–H groups in total. The zero-order valence-corrected chi connectivity index (χ0v) is 17.5. The van der Waals surface area contributed by atoms with Crippen molar-refractivity contribution in [3.05, 3.63) is 68.4 Å². The van der Waals surface area contributed by atoms with Crippen LogP contribution in [-0.2, 0) is 11.8 Å². The molecule has 0 aromatic heterocycles. The van der Waals surface area contributed by atoms with Gasteiger partial charge in [-0.05, 0) is 79.1 Å². The van der Waals surface area contributed by atoms with Crippen LogP contribution in [0.3, 0.4) is 0 Å². The van der Waals surface area contributed by atoms with Crippen LogP contribution in [0.25, 0.3) is 0 Å². The molecule has 0 radical (unpaired) electrons. The fourth-order valence-corrected chi connectivity index (χ4v) is 6.34. The lowest BCUT2D eigenvalue weighted by Gasteiger charge is -2.39. The van der Waals surface area contributed by atoms with E-state index in [9.17, 15) is 4.39 Å². The Balaban J connectivity index is 1.60. The van der Waals surface area contributed by atoms with Gasteiger partial charge in [0, 0.05) is 34.1 Å². The number of nitrogens with two attached hydrogens (primary N) is 1. The van der Waals surface area contributed by atoms with E-state index >= 15 is 0 Å². The Morgan fingerprint density at radius 3 is 2.79 bits per heavy atom. The minimum atomic E-state index is -0.304. The highest BCUT2D eigenvalue weighted by atomic mass is 35.5. The average Bonchev–Trinajstić information content (AvgIpc) is 3.33. The largest absolute Gasteiger partial charge is 0.327 e. The Kier molecular flexibility index (Phi) is 4.64. The van der Waals surface area contributed by atoms with Crippen LogP contribution in [0.2, 0.25) is 10.0 Å². The van der Waals surface area contributed by atoms with Crippen LogP contribution in [0.1, 0.15) is 47.4 Å². The minimum absolute atomic E-state index is 0.0502. The number of fused-ring (bicyclic) bond motifs is 2. The third-order valence-electron chi connectivity index (χ3n) is 7.09. The molecule has 5 rings (SSSR count). The van der Waals surface area contributed by atoms with E-state index < -0.39 is 0 Å². The van der Waals surface area contributed by atoms with Crippen LogP contribution in [-0.4, -0.2) is 30.1 Å². The van der Waals surface area contributed by atoms with Crippen LogP contribution in [0, 0.1) is 17.1 Å². The highest BCUT2D eigenvalue weighted by molar-refractivity contribution is 6.35. The van der Waals surface area contributed by atoms with E-state index in [0.717, 1.165) is 49.9 Å². The van der Waals surface area contributed by atoms with Gasteiger partial charge in [0.25, 0.3) is 0 Å². The van der Waals surface area contributed by atoms with Crippen LogP contribution in [0.4, 0.5) is 4.39 Å². The van der Waals surface area contributed by atoms with Gasteiger partial charge in [-0.3, -0.25) is 4.90 Å². The number of benzene rings is 2. The molecule has 1 heterocycles. The maximum absolute atomic E-state index is 14.9. The summed E-state index contributed by atoms with van der Waals surface area (Å²) < 4.78 is 14.9. The summed E-state index contributed by atoms with van der Waals surface area (Å²) in [5, 5.41) is 10.4. The topological polar surface area (TPSA) is 53.0 Å². The van der Waals surface area contributed by atoms with Gasteiger partial charge < -0.3 is 5.73 Å². The van der Waals surface area contributed by atoms with E-state index in [4.69, 9.17) is 34.2 Å². The molecule has 1 saturated carbocycles. The summed E-state index contributed by atoms with van der Waals surface area (Å²) in [7, 11) is 0. The summed E-state index contributed by atoms with van der Waals surface area (Å²) in [4.78, 5) is 2.49. The van der Waals surface area contributed by atoms with E-state index in [1.807, 2.05) is 12.1 Å². The number of rotatable bonds is 2. The Hall–Kier alpha value is -1.64. The number of likely N-dealkylation sites (tertiary alicyclic amines) is 1. The zero-order chi connectivity index (χ0) is 20.3. The summed E-state index contributed by atoms with van der Waals surface area (Å²) >= 11 is 13.0. The summed E-state index contributed by atoms with van der Waals surface area (Å²) in [6.45, 7) is 1.86. The van der Waals surface area contributed by atoms with Crippen molar-refractivity contribution in [2.24, 2.45) is 5.73 Å². The van der Waals surface area contributed by atoms with E-state index in [1.165, 1.54) is 6.07 Å². The SMILES string of the molecule is N#Cc1ccc([C@H]2CC23c2cc(Cl)cc(Cl)c2C[C@H]3N2CCC[C@@H](N)C2)c(F)c1. The van der Waals surface area contributed by atoms with Gasteiger partial charge in [0.15, 0.2) is 0 Å². The third-order valence-corrected chi connectivity index (χ3v) is 7.65. The molecule has 4 atom stereocenters. The van der Waals surface area contributed by atoms with Gasteiger partial charge in [0.05, 0.1) is 11.6 Å². The number of hydrogen-bond acceptors (Lipinski definition) is 3. The molecule has 150 valence electrons. The molecule has 3 aliphatic rings. The molecule has 0 bridgehead atoms. The molecule has 29 heavy (non-hydrogen) atoms. The second-order valence-electron chi connectivity index (χ2n) is 8.68. The Bertz CT molecular complexity index is 1030. The molecule has 1 spiro atoms. The number of halogens is 3. The van der Waals surface area contributed by atoms with Gasteiger partial charge in [-0.15, -0.1) is 0 Å². The summed E-state index contributed by atoms with van der Waals surface area (Å²) in [6.07, 6.45) is 3.82. The first-order chi connectivity index (χ1) is 13.9. The number of piperidine rings is 1. The van der Waals surface area contributed by atoms with Crippen LogP contribution < -0.4 is 5.73 Å². The number of nitrogens with zero attached hydrogens (tertiary/aromatic N) is 2. The Morgan fingerprint density at radius 2 is 2.07 bits per heavy atom. The van der Waals surface area contributed by atoms with Gasteiger partial charge in [0.1, 0.15) is 5.82 Å². The molecule has 2 aromatic rings. The summed E-state index contributed by atoms with van der Waals surface area (Å²) in [5.41, 5.74) is 9.41. The van der Waals surface area contributed by atoms with Crippen LogP contribution >= 0.6 is 23.2 Å². The van der Waals surface area contributed by atoms with Crippen molar-refractivity contribution in [3.63, 3.8) is 0 Å². The van der Waals surface area contributed by atoms with E-state index in [1.54, 1.807) is 18.2 Å². The molecule has 2 fully saturated rings. The van der Waals surface area contributed by atoms with E-state index in [-0.39, 0.29) is 29.2 Å². The number of nitriles is 1. The lowest BCUT2D eigenvalue weighted by molar-refractivity contribution is 0.128. The Morgan fingerprint density at radius 1 is 1.24 bits per heavy atom. The molecule has 1 unspecified atom stereocenters. The van der Waals surface area contributed by atoms with Gasteiger partial charge in [-0.25, -0.2) is 4.39 Å². The number of hydrogen-bond donors (Lipinski definition) is 1. The highest BCUT2D eigenvalue weighted by Crippen LogP contribution is 2.68. The smallest absolute Gasteiger partial charge is 0.128 e. The first-order valence-corrected chi connectivity index (χ1v) is 10.9. The second kappa shape index (κ2) is 6.96. The predicted molar refractivity (Wildman–Crippen MR) is 113 cm³/mol. The van der Waals surface area contributed by atoms with Crippen molar-refractivity contribution >= 4 is 23.2 Å². The van der Waals surface area contributed by atoms with Crippen molar-refractivity contribution in [3.8, 4) is 6.07 Å². The van der Waals surface area contributed by atoms with Crippen molar-refractivity contribution < 1.29 is 4.39 Å². The van der Waals surface area contributed by atoms with Crippen LogP contribution in [0.5, 0.6) is 0 Å². The highest BCUT2D eigenvalue weighted by Gasteiger charge is 2.66. The molecule has 3 nitrogen and oxygen atoms in total. The monoisotopic (exact) mass is 429 g/mol. The minimum Gasteiger partial charge on any atom is -0.327 e. The van der Waals surface area contributed by atoms with Crippen LogP contribution in [0.15, 0.2) is 30.3 Å². The van der Waals surface area contributed by atoms with Gasteiger partial charge >= 0.3 is 0 Å². The molecule has 6 heteroatoms. The maximum atomic E-state index is 14.9. The molecule has 1 aliphatic heterocycles. The van der Waals surface area contributed by atoms with Gasteiger partial charge in [-0.2, -0.15) is 5.26 Å². The molecule has 0 amide bonds. The normalized spacial score (nSPS) is 30.9. The standard InChI is InChI=1S/C23H22Cl2FN3/c24-14-7-18-17(20(25)8-14)9-22(29-5-1-2-15(28)12-29)23(18)10-19(23)16-4-3-13(11-27)6-21(16)26/h3-4,6-8,15,19,22H,1-2,5,9-10,12,28H2/t15-,19-,22-,23?/m1/s1. The van der Waals surface area contributed by atoms with Gasteiger partial charge in [0.2, 0.25) is 0 Å².